The second kappa shape index (κ2) is 9.81. The van der Waals surface area contributed by atoms with E-state index in [1.165, 1.54) is 42.4 Å². The summed E-state index contributed by atoms with van der Waals surface area (Å²) < 4.78 is 20.3. The number of carbonyl (C=O) groups excluding carboxylic acids is 3. The average Bonchev–Trinajstić information content (AvgIpc) is 3.52. The summed E-state index contributed by atoms with van der Waals surface area (Å²) in [6.07, 6.45) is 5.07. The zero-order chi connectivity index (χ0) is 23.4. The third-order valence-electron chi connectivity index (χ3n) is 5.91. The van der Waals surface area contributed by atoms with E-state index in [2.05, 4.69) is 5.32 Å². The maximum Gasteiger partial charge on any atom is 0.294 e. The van der Waals surface area contributed by atoms with E-state index in [1.807, 2.05) is 0 Å². The molecule has 1 aliphatic carbocycles. The zero-order valence-corrected chi connectivity index (χ0v) is 18.3. The highest BCUT2D eigenvalue weighted by atomic mass is 19.1. The summed E-state index contributed by atoms with van der Waals surface area (Å²) in [7, 11) is 0. The molecule has 0 bridgehead atoms. The molecule has 1 aromatic heterocycles. The third-order valence-corrected chi connectivity index (χ3v) is 5.91. The van der Waals surface area contributed by atoms with Crippen molar-refractivity contribution in [2.45, 2.75) is 44.7 Å². The fourth-order valence-electron chi connectivity index (χ4n) is 4.20. The van der Waals surface area contributed by atoms with E-state index in [1.54, 1.807) is 36.4 Å². The van der Waals surface area contributed by atoms with E-state index in [9.17, 15) is 18.8 Å². The molecule has 1 fully saturated rings. The minimum atomic E-state index is -1.27. The predicted octanol–water partition coefficient (Wildman–Crippen LogP) is 5.07. The van der Waals surface area contributed by atoms with Crippen LogP contribution in [0.4, 0.5) is 10.1 Å². The molecule has 4 rings (SSSR count). The molecule has 1 N–H and O–H groups in total. The molecule has 1 aliphatic rings. The Hall–Kier alpha value is -3.74. The van der Waals surface area contributed by atoms with E-state index >= 15 is 0 Å². The largest absolute Gasteiger partial charge is 0.459 e. The first kappa shape index (κ1) is 22.5. The molecule has 33 heavy (non-hydrogen) atoms. The molecule has 0 saturated heterocycles. The first-order valence-corrected chi connectivity index (χ1v) is 11.0. The fourth-order valence-corrected chi connectivity index (χ4v) is 4.20. The van der Waals surface area contributed by atoms with Crippen LogP contribution in [0.15, 0.2) is 71.3 Å². The number of anilines is 1. The second-order valence-corrected chi connectivity index (χ2v) is 8.17. The lowest BCUT2D eigenvalue weighted by Crippen LogP contribution is -2.46. The summed E-state index contributed by atoms with van der Waals surface area (Å²) in [4.78, 5) is 40.1. The third kappa shape index (κ3) is 4.87. The summed E-state index contributed by atoms with van der Waals surface area (Å²) in [6.45, 7) is 1.44. The van der Waals surface area contributed by atoms with Gasteiger partial charge in [0.05, 0.1) is 6.26 Å². The molecule has 2 aromatic carbocycles. The van der Waals surface area contributed by atoms with Gasteiger partial charge in [-0.1, -0.05) is 31.0 Å². The van der Waals surface area contributed by atoms with E-state index in [4.69, 9.17) is 4.42 Å². The molecule has 2 amide bonds. The highest BCUT2D eigenvalue weighted by molar-refractivity contribution is 6.09. The Bertz CT molecular complexity index is 1140. The fraction of sp³-hybridized carbons (Fsp3) is 0.269. The van der Waals surface area contributed by atoms with Crippen molar-refractivity contribution >= 4 is 23.3 Å². The van der Waals surface area contributed by atoms with E-state index in [0.717, 1.165) is 25.7 Å². The van der Waals surface area contributed by atoms with Crippen LogP contribution in [0.1, 0.15) is 65.1 Å². The Morgan fingerprint density at radius 3 is 2.30 bits per heavy atom. The zero-order valence-electron chi connectivity index (χ0n) is 18.3. The minimum absolute atomic E-state index is 0.0145. The number of Topliss-reactive ketones (excluding diaryl/α,β-unsaturated/α-hetero) is 1. The van der Waals surface area contributed by atoms with Crippen molar-refractivity contribution in [2.75, 3.05) is 4.90 Å². The number of nitrogens with zero attached hydrogens (tertiary/aromatic N) is 1. The lowest BCUT2D eigenvalue weighted by atomic mass is 10.0. The number of rotatable bonds is 7. The van der Waals surface area contributed by atoms with Crippen LogP contribution in [-0.4, -0.2) is 23.6 Å². The number of halogens is 1. The highest BCUT2D eigenvalue weighted by Gasteiger charge is 2.37. The Morgan fingerprint density at radius 1 is 1.00 bits per heavy atom. The Labute approximate surface area is 191 Å². The first-order chi connectivity index (χ1) is 16.0. The van der Waals surface area contributed by atoms with Gasteiger partial charge in [-0.2, -0.15) is 0 Å². The lowest BCUT2D eigenvalue weighted by Gasteiger charge is -2.32. The number of hydrogen-bond acceptors (Lipinski definition) is 4. The summed E-state index contributed by atoms with van der Waals surface area (Å²) in [5.74, 6) is -1.77. The topological polar surface area (TPSA) is 79.6 Å². The molecule has 3 aromatic rings. The van der Waals surface area contributed by atoms with Crippen molar-refractivity contribution < 1.29 is 23.2 Å². The van der Waals surface area contributed by atoms with Crippen LogP contribution in [0, 0.1) is 5.82 Å². The van der Waals surface area contributed by atoms with E-state index < -0.39 is 23.7 Å². The van der Waals surface area contributed by atoms with Gasteiger partial charge >= 0.3 is 0 Å². The standard InChI is InChI=1S/C26H25FN2O4/c1-17(30)18-12-14-20(15-13-18)29(26(32)23-11-6-16-33-23)24(21-9-4-5-10-22(21)27)25(31)28-19-7-2-3-8-19/h4-6,9-16,19,24H,2-3,7-8H2,1H3,(H,28,31)/t24-/m1/s1. The molecule has 0 unspecified atom stereocenters. The van der Waals surface area contributed by atoms with Gasteiger partial charge in [-0.3, -0.25) is 19.3 Å². The maximum absolute atomic E-state index is 15.0. The van der Waals surface area contributed by atoms with Crippen LogP contribution in [0.25, 0.3) is 0 Å². The number of benzene rings is 2. The van der Waals surface area contributed by atoms with Gasteiger partial charge in [-0.15, -0.1) is 0 Å². The molecular weight excluding hydrogens is 423 g/mol. The summed E-state index contributed by atoms with van der Waals surface area (Å²) in [5.41, 5.74) is 0.877. The predicted molar refractivity (Wildman–Crippen MR) is 122 cm³/mol. The normalized spacial score (nSPS) is 14.6. The van der Waals surface area contributed by atoms with Crippen molar-refractivity contribution in [3.8, 4) is 0 Å². The van der Waals surface area contributed by atoms with Crippen molar-refractivity contribution in [3.05, 3.63) is 89.6 Å². The first-order valence-electron chi connectivity index (χ1n) is 11.0. The molecule has 170 valence electrons. The minimum Gasteiger partial charge on any atom is -0.459 e. The van der Waals surface area contributed by atoms with Crippen molar-refractivity contribution in [1.29, 1.82) is 0 Å². The summed E-state index contributed by atoms with van der Waals surface area (Å²) in [6, 6.07) is 14.0. The molecular formula is C26H25FN2O4. The molecule has 6 nitrogen and oxygen atoms in total. The quantitative estimate of drug-likeness (QED) is 0.512. The van der Waals surface area contributed by atoms with Gasteiger partial charge in [0.25, 0.3) is 5.91 Å². The van der Waals surface area contributed by atoms with Crippen LogP contribution in [-0.2, 0) is 4.79 Å². The van der Waals surface area contributed by atoms with Crippen LogP contribution in [0.2, 0.25) is 0 Å². The van der Waals surface area contributed by atoms with Crippen molar-refractivity contribution in [3.63, 3.8) is 0 Å². The van der Waals surface area contributed by atoms with Gasteiger partial charge in [0, 0.05) is 22.9 Å². The number of furan rings is 1. The molecule has 1 heterocycles. The molecule has 0 aliphatic heterocycles. The smallest absolute Gasteiger partial charge is 0.294 e. The maximum atomic E-state index is 15.0. The Balaban J connectivity index is 1.82. The van der Waals surface area contributed by atoms with Crippen LogP contribution >= 0.6 is 0 Å². The summed E-state index contributed by atoms with van der Waals surface area (Å²) >= 11 is 0. The summed E-state index contributed by atoms with van der Waals surface area (Å²) in [5, 5.41) is 3.00. The van der Waals surface area contributed by atoms with E-state index in [0.29, 0.717) is 11.3 Å². The molecule has 0 spiro atoms. The molecule has 1 saturated carbocycles. The highest BCUT2D eigenvalue weighted by Crippen LogP contribution is 2.32. The van der Waals surface area contributed by atoms with Gasteiger partial charge in [0.1, 0.15) is 11.9 Å². The Morgan fingerprint density at radius 2 is 1.70 bits per heavy atom. The number of hydrogen-bond donors (Lipinski definition) is 1. The molecule has 0 radical (unpaired) electrons. The van der Waals surface area contributed by atoms with Gasteiger partial charge in [0.15, 0.2) is 11.5 Å². The van der Waals surface area contributed by atoms with Crippen molar-refractivity contribution in [2.24, 2.45) is 0 Å². The van der Waals surface area contributed by atoms with Crippen LogP contribution < -0.4 is 10.2 Å². The SMILES string of the molecule is CC(=O)c1ccc(N(C(=O)c2ccco2)[C@@H](C(=O)NC2CCCC2)c2ccccc2F)cc1. The van der Waals surface area contributed by atoms with Gasteiger partial charge in [0.2, 0.25) is 5.91 Å². The van der Waals surface area contributed by atoms with Crippen LogP contribution in [0.5, 0.6) is 0 Å². The Kier molecular flexibility index (Phi) is 6.68. The molecule has 1 atom stereocenters. The lowest BCUT2D eigenvalue weighted by molar-refractivity contribution is -0.123. The van der Waals surface area contributed by atoms with Crippen molar-refractivity contribution in [1.82, 2.24) is 5.32 Å². The van der Waals surface area contributed by atoms with Gasteiger partial charge in [-0.05, 0) is 62.2 Å². The number of amides is 2. The molecule has 7 heteroatoms. The average molecular weight is 448 g/mol. The number of nitrogens with one attached hydrogen (secondary N) is 1. The number of carbonyl (C=O) groups is 3. The monoisotopic (exact) mass is 448 g/mol. The van der Waals surface area contributed by atoms with Gasteiger partial charge < -0.3 is 9.73 Å². The second-order valence-electron chi connectivity index (χ2n) is 8.17. The van der Waals surface area contributed by atoms with E-state index in [-0.39, 0.29) is 23.1 Å². The van der Waals surface area contributed by atoms with Crippen LogP contribution in [0.3, 0.4) is 0 Å². The number of ketones is 1. The van der Waals surface area contributed by atoms with Gasteiger partial charge in [-0.25, -0.2) is 4.39 Å².